The van der Waals surface area contributed by atoms with Gasteiger partial charge >= 0.3 is 6.18 Å². The van der Waals surface area contributed by atoms with Crippen LogP contribution in [0.15, 0.2) is 24.4 Å². The zero-order valence-corrected chi connectivity index (χ0v) is 16.9. The quantitative estimate of drug-likeness (QED) is 0.767. The van der Waals surface area contributed by atoms with E-state index in [0.717, 1.165) is 56.0 Å². The van der Waals surface area contributed by atoms with Gasteiger partial charge in [-0.1, -0.05) is 11.6 Å². The van der Waals surface area contributed by atoms with Crippen molar-refractivity contribution in [3.8, 4) is 0 Å². The van der Waals surface area contributed by atoms with Gasteiger partial charge in [-0.15, -0.1) is 0 Å². The molecule has 1 aliphatic carbocycles. The normalized spacial score (nSPS) is 21.1. The molecule has 3 aliphatic rings. The maximum absolute atomic E-state index is 13.1. The summed E-state index contributed by atoms with van der Waals surface area (Å²) in [6.45, 7) is 3.58. The van der Waals surface area contributed by atoms with Gasteiger partial charge in [0, 0.05) is 44.0 Å². The molecule has 0 radical (unpaired) electrons. The van der Waals surface area contributed by atoms with Crippen LogP contribution in [-0.4, -0.2) is 39.7 Å². The molecule has 3 heterocycles. The lowest BCUT2D eigenvalue weighted by molar-refractivity contribution is -0.137. The van der Waals surface area contributed by atoms with Crippen molar-refractivity contribution < 1.29 is 18.0 Å². The third kappa shape index (κ3) is 3.19. The molecule has 1 amide bonds. The van der Waals surface area contributed by atoms with E-state index in [4.69, 9.17) is 16.7 Å². The SMILES string of the molecule is O=C(Nc1ccc(C(F)(F)F)cc1Cl)C1(n2cc3c(n2)CN(C2CNC2)C3)CCC1. The second-order valence-corrected chi connectivity index (χ2v) is 8.70. The summed E-state index contributed by atoms with van der Waals surface area (Å²) in [7, 11) is 0. The Kier molecular flexibility index (Phi) is 4.61. The number of nitrogens with one attached hydrogen (secondary N) is 2. The lowest BCUT2D eigenvalue weighted by atomic mass is 9.76. The Morgan fingerprint density at radius 2 is 2.03 bits per heavy atom. The molecule has 160 valence electrons. The summed E-state index contributed by atoms with van der Waals surface area (Å²) in [5, 5.41) is 10.6. The summed E-state index contributed by atoms with van der Waals surface area (Å²) in [4.78, 5) is 15.5. The third-order valence-electron chi connectivity index (χ3n) is 6.47. The summed E-state index contributed by atoms with van der Waals surface area (Å²) in [5.74, 6) is -0.295. The largest absolute Gasteiger partial charge is 0.416 e. The van der Waals surface area contributed by atoms with E-state index >= 15 is 0 Å². The Morgan fingerprint density at radius 1 is 1.27 bits per heavy atom. The van der Waals surface area contributed by atoms with E-state index in [-0.39, 0.29) is 16.6 Å². The maximum atomic E-state index is 13.1. The van der Waals surface area contributed by atoms with Crippen LogP contribution in [0.4, 0.5) is 18.9 Å². The van der Waals surface area contributed by atoms with Gasteiger partial charge in [0.2, 0.25) is 0 Å². The minimum absolute atomic E-state index is 0.139. The summed E-state index contributed by atoms with van der Waals surface area (Å²) < 4.78 is 40.3. The molecule has 0 bridgehead atoms. The Labute approximate surface area is 176 Å². The molecule has 1 aromatic carbocycles. The Bertz CT molecular complexity index is 973. The summed E-state index contributed by atoms with van der Waals surface area (Å²) in [6.07, 6.45) is -0.380. The number of anilines is 1. The van der Waals surface area contributed by atoms with Gasteiger partial charge in [0.05, 0.1) is 22.0 Å². The Hall–Kier alpha value is -2.10. The standard InChI is InChI=1S/C20H21ClF3N5O/c21-15-6-13(20(22,23)24)2-3-16(15)26-18(30)19(4-1-5-19)29-10-12-9-28(11-17(12)27-29)14-7-25-8-14/h2-3,6,10,14,25H,1,4-5,7-9,11H2,(H,26,30). The summed E-state index contributed by atoms with van der Waals surface area (Å²) in [6, 6.07) is 3.48. The van der Waals surface area contributed by atoms with Crippen molar-refractivity contribution in [2.45, 2.75) is 50.1 Å². The number of amides is 1. The highest BCUT2D eigenvalue weighted by atomic mass is 35.5. The lowest BCUT2D eigenvalue weighted by Crippen LogP contribution is -2.55. The predicted octanol–water partition coefficient (Wildman–Crippen LogP) is 3.36. The average Bonchev–Trinajstić information content (AvgIpc) is 3.12. The van der Waals surface area contributed by atoms with E-state index in [0.29, 0.717) is 18.9 Å². The topological polar surface area (TPSA) is 62.2 Å². The summed E-state index contributed by atoms with van der Waals surface area (Å²) >= 11 is 6.01. The number of rotatable bonds is 4. The monoisotopic (exact) mass is 439 g/mol. The molecule has 2 fully saturated rings. The molecular formula is C20H21ClF3N5O. The van der Waals surface area contributed by atoms with E-state index in [1.54, 1.807) is 4.68 Å². The summed E-state index contributed by atoms with van der Waals surface area (Å²) in [5.41, 5.74) is 0.629. The van der Waals surface area contributed by atoms with E-state index in [2.05, 4.69) is 15.5 Å². The highest BCUT2D eigenvalue weighted by Crippen LogP contribution is 2.42. The predicted molar refractivity (Wildman–Crippen MR) is 105 cm³/mol. The van der Waals surface area contributed by atoms with Crippen molar-refractivity contribution in [1.29, 1.82) is 0 Å². The number of hydrogen-bond donors (Lipinski definition) is 2. The number of carbonyl (C=O) groups excluding carboxylic acids is 1. The fourth-order valence-corrected chi connectivity index (χ4v) is 4.52. The average molecular weight is 440 g/mol. The van der Waals surface area contributed by atoms with Crippen molar-refractivity contribution in [2.24, 2.45) is 0 Å². The van der Waals surface area contributed by atoms with Gasteiger partial charge in [0.1, 0.15) is 5.54 Å². The molecular weight excluding hydrogens is 419 g/mol. The first-order chi connectivity index (χ1) is 14.3. The van der Waals surface area contributed by atoms with Crippen LogP contribution in [0.2, 0.25) is 5.02 Å². The minimum Gasteiger partial charge on any atom is -0.323 e. The number of hydrogen-bond acceptors (Lipinski definition) is 4. The first-order valence-corrected chi connectivity index (χ1v) is 10.3. The minimum atomic E-state index is -4.49. The zero-order valence-electron chi connectivity index (χ0n) is 16.1. The highest BCUT2D eigenvalue weighted by molar-refractivity contribution is 6.33. The third-order valence-corrected chi connectivity index (χ3v) is 6.78. The van der Waals surface area contributed by atoms with Gasteiger partial charge in [0.25, 0.3) is 5.91 Å². The van der Waals surface area contributed by atoms with Gasteiger partial charge in [-0.25, -0.2) is 0 Å². The van der Waals surface area contributed by atoms with E-state index in [1.165, 1.54) is 6.07 Å². The van der Waals surface area contributed by atoms with E-state index in [1.807, 2.05) is 6.20 Å². The molecule has 2 aromatic rings. The van der Waals surface area contributed by atoms with E-state index < -0.39 is 17.3 Å². The fourth-order valence-electron chi connectivity index (χ4n) is 4.29. The number of fused-ring (bicyclic) bond motifs is 1. The van der Waals surface area contributed by atoms with Gasteiger partial charge < -0.3 is 10.6 Å². The van der Waals surface area contributed by atoms with Crippen molar-refractivity contribution in [3.05, 3.63) is 46.2 Å². The molecule has 10 heteroatoms. The van der Waals surface area contributed by atoms with Crippen molar-refractivity contribution in [2.75, 3.05) is 18.4 Å². The number of carbonyl (C=O) groups is 1. The molecule has 5 rings (SSSR count). The van der Waals surface area contributed by atoms with Gasteiger partial charge in [-0.2, -0.15) is 18.3 Å². The molecule has 0 unspecified atom stereocenters. The number of halogens is 4. The Morgan fingerprint density at radius 3 is 2.57 bits per heavy atom. The number of alkyl halides is 3. The number of benzene rings is 1. The Balaban J connectivity index is 1.34. The molecule has 6 nitrogen and oxygen atoms in total. The fraction of sp³-hybridized carbons (Fsp3) is 0.500. The molecule has 0 atom stereocenters. The van der Waals surface area contributed by atoms with Crippen LogP contribution < -0.4 is 10.6 Å². The zero-order chi connectivity index (χ0) is 21.1. The first-order valence-electron chi connectivity index (χ1n) is 9.97. The van der Waals surface area contributed by atoms with Crippen LogP contribution in [0.3, 0.4) is 0 Å². The molecule has 2 aliphatic heterocycles. The van der Waals surface area contributed by atoms with Crippen LogP contribution in [0.25, 0.3) is 0 Å². The molecule has 0 spiro atoms. The molecule has 30 heavy (non-hydrogen) atoms. The smallest absolute Gasteiger partial charge is 0.323 e. The number of aromatic nitrogens is 2. The van der Waals surface area contributed by atoms with Gasteiger partial charge in [0.15, 0.2) is 0 Å². The van der Waals surface area contributed by atoms with Crippen molar-refractivity contribution in [3.63, 3.8) is 0 Å². The molecule has 2 N–H and O–H groups in total. The van der Waals surface area contributed by atoms with Crippen LogP contribution in [0.1, 0.15) is 36.1 Å². The lowest BCUT2D eigenvalue weighted by Gasteiger charge is -2.40. The molecule has 1 saturated carbocycles. The molecule has 1 aromatic heterocycles. The van der Waals surface area contributed by atoms with Crippen LogP contribution in [0.5, 0.6) is 0 Å². The first kappa shape index (κ1) is 19.8. The van der Waals surface area contributed by atoms with Crippen molar-refractivity contribution >= 4 is 23.2 Å². The van der Waals surface area contributed by atoms with Gasteiger partial charge in [-0.05, 0) is 37.5 Å². The van der Waals surface area contributed by atoms with Crippen LogP contribution in [-0.2, 0) is 29.6 Å². The van der Waals surface area contributed by atoms with Crippen molar-refractivity contribution in [1.82, 2.24) is 20.0 Å². The molecule has 1 saturated heterocycles. The highest BCUT2D eigenvalue weighted by Gasteiger charge is 2.48. The van der Waals surface area contributed by atoms with Crippen LogP contribution >= 0.6 is 11.6 Å². The van der Waals surface area contributed by atoms with Crippen LogP contribution in [0, 0.1) is 0 Å². The van der Waals surface area contributed by atoms with Gasteiger partial charge in [-0.3, -0.25) is 14.4 Å². The second kappa shape index (κ2) is 6.96. The maximum Gasteiger partial charge on any atom is 0.416 e. The second-order valence-electron chi connectivity index (χ2n) is 8.29. The number of nitrogens with zero attached hydrogens (tertiary/aromatic N) is 3. The van der Waals surface area contributed by atoms with E-state index in [9.17, 15) is 18.0 Å².